The third-order valence-corrected chi connectivity index (χ3v) is 4.60. The fourth-order valence-electron chi connectivity index (χ4n) is 3.28. The molecule has 2 aromatic rings. The summed E-state index contributed by atoms with van der Waals surface area (Å²) >= 11 is 0. The summed E-state index contributed by atoms with van der Waals surface area (Å²) < 4.78 is 0. The maximum Gasteiger partial charge on any atom is 0.216 e. The van der Waals surface area contributed by atoms with Crippen LogP contribution in [-0.2, 0) is 9.59 Å². The van der Waals surface area contributed by atoms with E-state index in [4.69, 9.17) is 0 Å². The van der Waals surface area contributed by atoms with Crippen molar-refractivity contribution in [3.8, 4) is 0 Å². The molecule has 2 amide bonds. The number of hydrogen-bond acceptors (Lipinski definition) is 7. The largest absolute Gasteiger partial charge is 0.383 e. The monoisotopic (exact) mass is 409 g/mol. The van der Waals surface area contributed by atoms with Crippen LogP contribution in [-0.4, -0.2) is 54.5 Å². The van der Waals surface area contributed by atoms with Crippen LogP contribution in [0.2, 0.25) is 0 Å². The lowest BCUT2D eigenvalue weighted by Crippen LogP contribution is -2.29. The van der Waals surface area contributed by atoms with Gasteiger partial charge in [-0.1, -0.05) is 0 Å². The molecular weight excluding hydrogens is 386 g/mol. The van der Waals surface area contributed by atoms with E-state index in [2.05, 4.69) is 26.3 Å². The Kier molecular flexibility index (Phi) is 6.41. The van der Waals surface area contributed by atoms with E-state index in [9.17, 15) is 19.2 Å². The summed E-state index contributed by atoms with van der Waals surface area (Å²) in [4.78, 5) is 52.5. The molecule has 0 radical (unpaired) electrons. The van der Waals surface area contributed by atoms with Crippen molar-refractivity contribution in [2.75, 3.05) is 36.8 Å². The number of rotatable bonds is 8. The van der Waals surface area contributed by atoms with E-state index in [1.54, 1.807) is 12.1 Å². The van der Waals surface area contributed by atoms with Crippen molar-refractivity contribution in [1.82, 2.24) is 15.6 Å². The summed E-state index contributed by atoms with van der Waals surface area (Å²) in [5, 5.41) is 11.6. The summed E-state index contributed by atoms with van der Waals surface area (Å²) in [5.74, 6) is -0.858. The SMILES string of the molecule is CC(=O)NCCNc1ccc(NCCNC(C)=O)c2c1C(=O)c1ccncc1C2=O. The van der Waals surface area contributed by atoms with Gasteiger partial charge in [0.1, 0.15) is 0 Å². The van der Waals surface area contributed by atoms with Crippen LogP contribution in [0.15, 0.2) is 30.6 Å². The fourth-order valence-corrected chi connectivity index (χ4v) is 3.28. The first-order valence-electron chi connectivity index (χ1n) is 9.57. The maximum atomic E-state index is 13.2. The topological polar surface area (TPSA) is 129 Å². The summed E-state index contributed by atoms with van der Waals surface area (Å²) in [6, 6.07) is 4.99. The molecule has 1 aromatic heterocycles. The molecule has 0 spiro atoms. The summed E-state index contributed by atoms with van der Waals surface area (Å²) in [7, 11) is 0. The number of aromatic nitrogens is 1. The van der Waals surface area contributed by atoms with E-state index < -0.39 is 0 Å². The predicted molar refractivity (Wildman–Crippen MR) is 112 cm³/mol. The van der Waals surface area contributed by atoms with Crippen LogP contribution < -0.4 is 21.3 Å². The quantitative estimate of drug-likeness (QED) is 0.408. The van der Waals surface area contributed by atoms with Crippen LogP contribution in [0.3, 0.4) is 0 Å². The summed E-state index contributed by atoms with van der Waals surface area (Å²) in [6.45, 7) is 4.39. The normalized spacial score (nSPS) is 11.9. The molecule has 1 aromatic carbocycles. The number of nitrogens with one attached hydrogen (secondary N) is 4. The molecule has 4 N–H and O–H groups in total. The van der Waals surface area contributed by atoms with Gasteiger partial charge in [0, 0.05) is 69.4 Å². The highest BCUT2D eigenvalue weighted by atomic mass is 16.2. The van der Waals surface area contributed by atoms with E-state index in [0.717, 1.165) is 0 Å². The van der Waals surface area contributed by atoms with Gasteiger partial charge in [0.05, 0.1) is 16.7 Å². The minimum atomic E-state index is -0.291. The lowest BCUT2D eigenvalue weighted by molar-refractivity contribution is -0.119. The standard InChI is InChI=1S/C21H23N5O4/c1-12(27)23-7-9-25-16-3-4-17(26-10-8-24-13(2)28)19-18(16)20(29)14-5-6-22-11-15(14)21(19)30/h3-6,11,25-26H,7-10H2,1-2H3,(H,23,27)(H,24,28). The molecule has 156 valence electrons. The second-order valence-electron chi connectivity index (χ2n) is 6.81. The average molecular weight is 409 g/mol. The van der Waals surface area contributed by atoms with E-state index in [1.165, 1.54) is 32.3 Å². The number of nitrogens with zero attached hydrogens (tertiary/aromatic N) is 1. The van der Waals surface area contributed by atoms with Gasteiger partial charge >= 0.3 is 0 Å². The minimum Gasteiger partial charge on any atom is -0.383 e. The van der Waals surface area contributed by atoms with E-state index in [1.807, 2.05) is 0 Å². The highest BCUT2D eigenvalue weighted by Gasteiger charge is 2.34. The Morgan fingerprint density at radius 1 is 0.767 bits per heavy atom. The van der Waals surface area contributed by atoms with Crippen molar-refractivity contribution >= 4 is 34.8 Å². The van der Waals surface area contributed by atoms with Gasteiger partial charge in [0.2, 0.25) is 11.8 Å². The van der Waals surface area contributed by atoms with Gasteiger partial charge in [0.15, 0.2) is 11.6 Å². The Bertz CT molecular complexity index is 938. The van der Waals surface area contributed by atoms with Crippen LogP contribution >= 0.6 is 0 Å². The molecule has 0 saturated carbocycles. The van der Waals surface area contributed by atoms with Gasteiger partial charge in [0.25, 0.3) is 0 Å². The maximum absolute atomic E-state index is 13.2. The number of amides is 2. The average Bonchev–Trinajstić information content (AvgIpc) is 2.72. The molecule has 0 bridgehead atoms. The van der Waals surface area contributed by atoms with Crippen LogP contribution in [0.1, 0.15) is 45.7 Å². The number of ketones is 2. The zero-order chi connectivity index (χ0) is 21.7. The van der Waals surface area contributed by atoms with Crippen molar-refractivity contribution in [3.05, 3.63) is 52.8 Å². The smallest absolute Gasteiger partial charge is 0.216 e. The first kappa shape index (κ1) is 21.0. The predicted octanol–water partition coefficient (Wildman–Crippen LogP) is 0.953. The molecule has 0 aliphatic heterocycles. The number of hydrogen-bond donors (Lipinski definition) is 4. The van der Waals surface area contributed by atoms with Crippen molar-refractivity contribution in [2.24, 2.45) is 0 Å². The molecule has 0 unspecified atom stereocenters. The first-order chi connectivity index (χ1) is 14.4. The number of benzene rings is 1. The lowest BCUT2D eigenvalue weighted by Gasteiger charge is -2.23. The van der Waals surface area contributed by atoms with Crippen LogP contribution in [0.5, 0.6) is 0 Å². The molecule has 9 nitrogen and oxygen atoms in total. The molecule has 3 rings (SSSR count). The van der Waals surface area contributed by atoms with E-state index in [-0.39, 0.29) is 40.1 Å². The molecule has 0 fully saturated rings. The molecule has 30 heavy (non-hydrogen) atoms. The van der Waals surface area contributed by atoms with Gasteiger partial charge < -0.3 is 21.3 Å². The Morgan fingerprint density at radius 2 is 1.27 bits per heavy atom. The molecule has 1 aliphatic rings. The summed E-state index contributed by atoms with van der Waals surface area (Å²) in [5.41, 5.74) is 2.15. The third-order valence-electron chi connectivity index (χ3n) is 4.60. The second kappa shape index (κ2) is 9.17. The van der Waals surface area contributed by atoms with Crippen LogP contribution in [0.4, 0.5) is 11.4 Å². The highest BCUT2D eigenvalue weighted by Crippen LogP contribution is 2.36. The van der Waals surface area contributed by atoms with Crippen molar-refractivity contribution in [3.63, 3.8) is 0 Å². The Morgan fingerprint density at radius 3 is 1.77 bits per heavy atom. The molecule has 9 heteroatoms. The van der Waals surface area contributed by atoms with Gasteiger partial charge in [-0.3, -0.25) is 24.2 Å². The zero-order valence-electron chi connectivity index (χ0n) is 16.8. The number of fused-ring (bicyclic) bond motifs is 2. The van der Waals surface area contributed by atoms with E-state index >= 15 is 0 Å². The Hall–Kier alpha value is -3.75. The molecular formula is C21H23N5O4. The second-order valence-corrected chi connectivity index (χ2v) is 6.81. The zero-order valence-corrected chi connectivity index (χ0v) is 16.8. The third kappa shape index (κ3) is 4.45. The summed E-state index contributed by atoms with van der Waals surface area (Å²) in [6.07, 6.45) is 2.88. The Labute approximate surface area is 173 Å². The van der Waals surface area contributed by atoms with Crippen LogP contribution in [0, 0.1) is 0 Å². The first-order valence-corrected chi connectivity index (χ1v) is 9.57. The minimum absolute atomic E-state index is 0.148. The lowest BCUT2D eigenvalue weighted by atomic mass is 9.83. The fraction of sp³-hybridized carbons (Fsp3) is 0.286. The Balaban J connectivity index is 1.93. The molecule has 0 saturated heterocycles. The number of carbonyl (C=O) groups is 4. The van der Waals surface area contributed by atoms with Crippen molar-refractivity contribution in [1.29, 1.82) is 0 Å². The van der Waals surface area contributed by atoms with Gasteiger partial charge in [-0.05, 0) is 18.2 Å². The van der Waals surface area contributed by atoms with E-state index in [0.29, 0.717) is 43.1 Å². The number of carbonyl (C=O) groups excluding carboxylic acids is 4. The van der Waals surface area contributed by atoms with Crippen molar-refractivity contribution in [2.45, 2.75) is 13.8 Å². The number of pyridine rings is 1. The van der Waals surface area contributed by atoms with Gasteiger partial charge in [-0.2, -0.15) is 0 Å². The molecule has 0 atom stereocenters. The molecule has 1 aliphatic carbocycles. The number of anilines is 2. The van der Waals surface area contributed by atoms with Gasteiger partial charge in [-0.25, -0.2) is 0 Å². The van der Waals surface area contributed by atoms with Crippen molar-refractivity contribution < 1.29 is 19.2 Å². The molecule has 1 heterocycles. The highest BCUT2D eigenvalue weighted by molar-refractivity contribution is 6.31. The van der Waals surface area contributed by atoms with Gasteiger partial charge in [-0.15, -0.1) is 0 Å². The van der Waals surface area contributed by atoms with Crippen LogP contribution in [0.25, 0.3) is 0 Å².